The van der Waals surface area contributed by atoms with E-state index in [2.05, 4.69) is 10.1 Å². The van der Waals surface area contributed by atoms with Gasteiger partial charge in [0, 0.05) is 6.20 Å². The van der Waals surface area contributed by atoms with Gasteiger partial charge in [-0.1, -0.05) is 0 Å². The third-order valence-electron chi connectivity index (χ3n) is 2.27. The number of rotatable bonds is 3. The predicted molar refractivity (Wildman–Crippen MR) is 54.2 cm³/mol. The fourth-order valence-corrected chi connectivity index (χ4v) is 1.45. The Kier molecular flexibility index (Phi) is 2.81. The van der Waals surface area contributed by atoms with Crippen LogP contribution in [0.25, 0.3) is 5.65 Å². The lowest BCUT2D eigenvalue weighted by atomic mass is 10.1. The maximum Gasteiger partial charge on any atom is 0.153 e. The third kappa shape index (κ3) is 1.74. The molecule has 2 rings (SSSR count). The first-order valence-corrected chi connectivity index (χ1v) is 4.76. The van der Waals surface area contributed by atoms with E-state index in [1.807, 2.05) is 0 Å². The number of aliphatic hydroxyl groups is 2. The van der Waals surface area contributed by atoms with Gasteiger partial charge in [-0.25, -0.2) is 9.50 Å². The summed E-state index contributed by atoms with van der Waals surface area (Å²) in [7, 11) is 0. The van der Waals surface area contributed by atoms with Crippen LogP contribution < -0.4 is 0 Å². The molecule has 2 aromatic rings. The molecule has 0 bridgehead atoms. The Bertz CT molecular complexity index is 531. The van der Waals surface area contributed by atoms with E-state index in [9.17, 15) is 10.2 Å². The van der Waals surface area contributed by atoms with Crippen LogP contribution in [0.1, 0.15) is 18.2 Å². The van der Waals surface area contributed by atoms with Gasteiger partial charge < -0.3 is 10.2 Å². The summed E-state index contributed by atoms with van der Waals surface area (Å²) >= 11 is 0. The molecule has 2 N–H and O–H groups in total. The molecule has 6 nitrogen and oxygen atoms in total. The van der Waals surface area contributed by atoms with E-state index >= 15 is 0 Å². The van der Waals surface area contributed by atoms with Crippen LogP contribution in [0.3, 0.4) is 0 Å². The second-order valence-corrected chi connectivity index (χ2v) is 3.35. The van der Waals surface area contributed by atoms with Crippen molar-refractivity contribution < 1.29 is 10.2 Å². The lowest BCUT2D eigenvalue weighted by molar-refractivity contribution is 0.0179. The molecule has 0 aromatic carbocycles. The van der Waals surface area contributed by atoms with Crippen molar-refractivity contribution in [1.29, 1.82) is 5.26 Å². The highest BCUT2D eigenvalue weighted by Crippen LogP contribution is 2.18. The molecule has 2 aromatic heterocycles. The van der Waals surface area contributed by atoms with Gasteiger partial charge in [-0.2, -0.15) is 10.4 Å². The first-order chi connectivity index (χ1) is 7.74. The largest absolute Gasteiger partial charge is 0.389 e. The maximum absolute atomic E-state index is 9.81. The van der Waals surface area contributed by atoms with E-state index < -0.39 is 12.2 Å². The van der Waals surface area contributed by atoms with Crippen LogP contribution in [-0.2, 0) is 0 Å². The van der Waals surface area contributed by atoms with Crippen molar-refractivity contribution in [1.82, 2.24) is 14.6 Å². The summed E-state index contributed by atoms with van der Waals surface area (Å²) in [5, 5.41) is 31.8. The summed E-state index contributed by atoms with van der Waals surface area (Å²) in [5.41, 5.74) is 0.957. The average Bonchev–Trinajstić information content (AvgIpc) is 2.72. The molecule has 2 atom stereocenters. The van der Waals surface area contributed by atoms with Gasteiger partial charge >= 0.3 is 0 Å². The van der Waals surface area contributed by atoms with Crippen molar-refractivity contribution in [2.45, 2.75) is 18.6 Å². The van der Waals surface area contributed by atoms with E-state index in [1.165, 1.54) is 10.7 Å². The molecule has 0 fully saturated rings. The third-order valence-corrected chi connectivity index (χ3v) is 2.27. The highest BCUT2D eigenvalue weighted by atomic mass is 16.3. The van der Waals surface area contributed by atoms with Gasteiger partial charge in [-0.3, -0.25) is 0 Å². The number of nitrogens with zero attached hydrogens (tertiary/aromatic N) is 4. The van der Waals surface area contributed by atoms with Crippen molar-refractivity contribution >= 4 is 5.65 Å². The molecule has 0 amide bonds. The standard InChI is InChI=1S/C10H10N4O2/c11-4-3-8(15)10(16)7-6-12-9-2-1-5-13-14(7)9/h1-2,5-6,8,10,15-16H,3H2. The van der Waals surface area contributed by atoms with Crippen LogP contribution in [0, 0.1) is 11.3 Å². The fourth-order valence-electron chi connectivity index (χ4n) is 1.45. The number of fused-ring (bicyclic) bond motifs is 1. The molecular formula is C10H10N4O2. The Balaban J connectivity index is 2.37. The summed E-state index contributed by atoms with van der Waals surface area (Å²) in [6.45, 7) is 0. The summed E-state index contributed by atoms with van der Waals surface area (Å²) < 4.78 is 1.44. The summed E-state index contributed by atoms with van der Waals surface area (Å²) in [4.78, 5) is 4.03. The number of hydrogen-bond donors (Lipinski definition) is 2. The SMILES string of the molecule is N#CCC(O)C(O)c1cnc2cccnn12. The Morgan fingerprint density at radius 3 is 3.06 bits per heavy atom. The lowest BCUT2D eigenvalue weighted by Crippen LogP contribution is -2.19. The van der Waals surface area contributed by atoms with E-state index in [4.69, 9.17) is 5.26 Å². The maximum atomic E-state index is 9.81. The highest BCUT2D eigenvalue weighted by Gasteiger charge is 2.21. The zero-order chi connectivity index (χ0) is 11.5. The minimum atomic E-state index is -1.16. The first-order valence-electron chi connectivity index (χ1n) is 4.76. The van der Waals surface area contributed by atoms with Crippen LogP contribution in [0.5, 0.6) is 0 Å². The molecule has 16 heavy (non-hydrogen) atoms. The van der Waals surface area contributed by atoms with Gasteiger partial charge in [0.25, 0.3) is 0 Å². The zero-order valence-electron chi connectivity index (χ0n) is 8.35. The topological polar surface area (TPSA) is 94.4 Å². The van der Waals surface area contributed by atoms with E-state index in [0.717, 1.165) is 0 Å². The van der Waals surface area contributed by atoms with Gasteiger partial charge in [0.15, 0.2) is 5.65 Å². The fraction of sp³-hybridized carbons (Fsp3) is 0.300. The summed E-state index contributed by atoms with van der Waals surface area (Å²) in [5.74, 6) is 0. The molecule has 0 aliphatic carbocycles. The van der Waals surface area contributed by atoms with Crippen molar-refractivity contribution in [3.8, 4) is 6.07 Å². The van der Waals surface area contributed by atoms with Gasteiger partial charge in [-0.15, -0.1) is 0 Å². The van der Waals surface area contributed by atoms with E-state index in [1.54, 1.807) is 24.4 Å². The molecule has 2 unspecified atom stereocenters. The van der Waals surface area contributed by atoms with Gasteiger partial charge in [-0.05, 0) is 12.1 Å². The number of nitriles is 1. The molecule has 0 aliphatic heterocycles. The van der Waals surface area contributed by atoms with E-state index in [0.29, 0.717) is 11.3 Å². The van der Waals surface area contributed by atoms with Crippen molar-refractivity contribution in [3.63, 3.8) is 0 Å². The van der Waals surface area contributed by atoms with Crippen LogP contribution >= 0.6 is 0 Å². The predicted octanol–water partition coefficient (Wildman–Crippen LogP) is 0.0373. The second-order valence-electron chi connectivity index (χ2n) is 3.35. The Morgan fingerprint density at radius 2 is 2.31 bits per heavy atom. The minimum absolute atomic E-state index is 0.138. The van der Waals surface area contributed by atoms with Crippen molar-refractivity contribution in [3.05, 3.63) is 30.2 Å². The number of imidazole rings is 1. The Morgan fingerprint density at radius 1 is 1.50 bits per heavy atom. The summed E-state index contributed by atoms with van der Waals surface area (Å²) in [6, 6.07) is 5.26. The van der Waals surface area contributed by atoms with Crippen LogP contribution in [-0.4, -0.2) is 30.9 Å². The zero-order valence-corrected chi connectivity index (χ0v) is 8.35. The smallest absolute Gasteiger partial charge is 0.153 e. The number of aliphatic hydroxyl groups excluding tert-OH is 2. The van der Waals surface area contributed by atoms with Crippen molar-refractivity contribution in [2.24, 2.45) is 0 Å². The monoisotopic (exact) mass is 218 g/mol. The summed E-state index contributed by atoms with van der Waals surface area (Å²) in [6.07, 6.45) is 0.563. The molecular weight excluding hydrogens is 208 g/mol. The van der Waals surface area contributed by atoms with E-state index in [-0.39, 0.29) is 6.42 Å². The van der Waals surface area contributed by atoms with Crippen LogP contribution in [0.4, 0.5) is 0 Å². The quantitative estimate of drug-likeness (QED) is 0.758. The van der Waals surface area contributed by atoms with Gasteiger partial charge in [0.05, 0.1) is 30.5 Å². The first kappa shape index (κ1) is 10.5. The molecule has 82 valence electrons. The molecule has 0 radical (unpaired) electrons. The van der Waals surface area contributed by atoms with Gasteiger partial charge in [0.2, 0.25) is 0 Å². The van der Waals surface area contributed by atoms with Crippen molar-refractivity contribution in [2.75, 3.05) is 0 Å². The average molecular weight is 218 g/mol. The molecule has 0 saturated heterocycles. The van der Waals surface area contributed by atoms with Gasteiger partial charge in [0.1, 0.15) is 6.10 Å². The number of aromatic nitrogens is 3. The number of hydrogen-bond acceptors (Lipinski definition) is 5. The molecule has 6 heteroatoms. The van der Waals surface area contributed by atoms with Crippen LogP contribution in [0.15, 0.2) is 24.5 Å². The van der Waals surface area contributed by atoms with Crippen LogP contribution in [0.2, 0.25) is 0 Å². The Labute approximate surface area is 91.4 Å². The second kappa shape index (κ2) is 4.26. The molecule has 0 aliphatic rings. The molecule has 0 spiro atoms. The normalized spacial score (nSPS) is 14.6. The molecule has 0 saturated carbocycles. The minimum Gasteiger partial charge on any atom is -0.389 e. The molecule has 2 heterocycles. The lowest BCUT2D eigenvalue weighted by Gasteiger charge is -2.13. The highest BCUT2D eigenvalue weighted by molar-refractivity contribution is 5.38. The Hall–Kier alpha value is -1.97.